The number of fused-ring (bicyclic) bond motifs is 1. The van der Waals surface area contributed by atoms with Crippen LogP contribution < -0.4 is 5.32 Å². The zero-order chi connectivity index (χ0) is 18.6. The van der Waals surface area contributed by atoms with E-state index in [0.717, 1.165) is 30.2 Å². The molecule has 0 bridgehead atoms. The zero-order valence-corrected chi connectivity index (χ0v) is 17.3. The molecule has 0 radical (unpaired) electrons. The summed E-state index contributed by atoms with van der Waals surface area (Å²) in [7, 11) is 0. The lowest BCUT2D eigenvalue weighted by Crippen LogP contribution is -2.13. The summed E-state index contributed by atoms with van der Waals surface area (Å²) in [6.45, 7) is 4.58. The Bertz CT molecular complexity index is 1060. The Kier molecular flexibility index (Phi) is 6.74. The highest BCUT2D eigenvalue weighted by Crippen LogP contribution is 2.28. The molecular formula is C23H23Cl2N3. The van der Waals surface area contributed by atoms with Crippen LogP contribution in [0.1, 0.15) is 22.4 Å². The third kappa shape index (κ3) is 4.22. The summed E-state index contributed by atoms with van der Waals surface area (Å²) in [5, 5.41) is 5.66. The van der Waals surface area contributed by atoms with Crippen LogP contribution in [-0.2, 0) is 19.6 Å². The lowest BCUT2D eigenvalue weighted by Gasteiger charge is -2.11. The van der Waals surface area contributed by atoms with Gasteiger partial charge in [0, 0.05) is 53.6 Å². The van der Waals surface area contributed by atoms with E-state index in [0.29, 0.717) is 0 Å². The summed E-state index contributed by atoms with van der Waals surface area (Å²) in [6, 6.07) is 20.7. The molecule has 2 heterocycles. The third-order valence-electron chi connectivity index (χ3n) is 5.00. The summed E-state index contributed by atoms with van der Waals surface area (Å²) >= 11 is 6.40. The normalized spacial score (nSPS) is 10.8. The van der Waals surface area contributed by atoms with Gasteiger partial charge in [0.2, 0.25) is 0 Å². The molecule has 0 saturated carbocycles. The number of hydrogen-bond donors (Lipinski definition) is 1. The number of halogens is 2. The molecule has 2 aromatic heterocycles. The Morgan fingerprint density at radius 1 is 0.964 bits per heavy atom. The molecule has 1 N–H and O–H groups in total. The molecule has 0 aliphatic carbocycles. The fourth-order valence-electron chi connectivity index (χ4n) is 3.56. The van der Waals surface area contributed by atoms with Crippen molar-refractivity contribution >= 4 is 34.9 Å². The van der Waals surface area contributed by atoms with Crippen molar-refractivity contribution in [3.05, 3.63) is 100 Å². The van der Waals surface area contributed by atoms with E-state index in [4.69, 9.17) is 11.6 Å². The van der Waals surface area contributed by atoms with Gasteiger partial charge in [-0.3, -0.25) is 4.98 Å². The van der Waals surface area contributed by atoms with Crippen LogP contribution in [0.25, 0.3) is 10.9 Å². The number of benzene rings is 2. The van der Waals surface area contributed by atoms with Crippen molar-refractivity contribution in [1.29, 1.82) is 0 Å². The van der Waals surface area contributed by atoms with Gasteiger partial charge in [-0.2, -0.15) is 0 Å². The molecule has 28 heavy (non-hydrogen) atoms. The molecule has 5 heteroatoms. The predicted molar refractivity (Wildman–Crippen MR) is 119 cm³/mol. The van der Waals surface area contributed by atoms with Crippen LogP contribution in [0.5, 0.6) is 0 Å². The maximum atomic E-state index is 6.40. The summed E-state index contributed by atoms with van der Waals surface area (Å²) in [6.07, 6.45) is 3.70. The van der Waals surface area contributed by atoms with Gasteiger partial charge in [0.05, 0.1) is 0 Å². The van der Waals surface area contributed by atoms with Crippen LogP contribution in [0.3, 0.4) is 0 Å². The number of hydrogen-bond acceptors (Lipinski definition) is 2. The molecule has 0 saturated heterocycles. The molecule has 0 unspecified atom stereocenters. The average molecular weight is 412 g/mol. The molecule has 144 valence electrons. The second kappa shape index (κ2) is 9.24. The number of pyridine rings is 1. The topological polar surface area (TPSA) is 29.9 Å². The van der Waals surface area contributed by atoms with E-state index in [1.54, 1.807) is 6.20 Å². The third-order valence-corrected chi connectivity index (χ3v) is 5.37. The first-order valence-corrected chi connectivity index (χ1v) is 9.51. The Hall–Kier alpha value is -2.33. The molecule has 4 rings (SSSR count). The summed E-state index contributed by atoms with van der Waals surface area (Å²) in [4.78, 5) is 4.18. The van der Waals surface area contributed by atoms with Gasteiger partial charge in [0.1, 0.15) is 0 Å². The first-order valence-electron chi connectivity index (χ1n) is 9.14. The van der Waals surface area contributed by atoms with Crippen molar-refractivity contribution in [2.24, 2.45) is 0 Å². The zero-order valence-electron chi connectivity index (χ0n) is 15.7. The van der Waals surface area contributed by atoms with Gasteiger partial charge in [-0.05, 0) is 41.8 Å². The summed E-state index contributed by atoms with van der Waals surface area (Å²) < 4.78 is 2.36. The fourth-order valence-corrected chi connectivity index (χ4v) is 3.76. The van der Waals surface area contributed by atoms with Gasteiger partial charge in [-0.1, -0.05) is 54.1 Å². The Morgan fingerprint density at radius 3 is 2.54 bits per heavy atom. The van der Waals surface area contributed by atoms with Crippen LogP contribution in [0.15, 0.2) is 73.1 Å². The minimum atomic E-state index is 0. The van der Waals surface area contributed by atoms with Crippen molar-refractivity contribution in [1.82, 2.24) is 14.9 Å². The number of rotatable bonds is 6. The quantitative estimate of drug-likeness (QED) is 0.437. The highest BCUT2D eigenvalue weighted by atomic mass is 35.5. The molecule has 3 nitrogen and oxygen atoms in total. The second-order valence-electron chi connectivity index (χ2n) is 6.72. The minimum Gasteiger partial charge on any atom is -0.340 e. The fraction of sp³-hybridized carbons (Fsp3) is 0.174. The van der Waals surface area contributed by atoms with Crippen molar-refractivity contribution in [3.63, 3.8) is 0 Å². The van der Waals surface area contributed by atoms with Crippen molar-refractivity contribution in [2.75, 3.05) is 0 Å². The van der Waals surface area contributed by atoms with E-state index in [1.165, 1.54) is 27.7 Å². The second-order valence-corrected chi connectivity index (χ2v) is 7.13. The Morgan fingerprint density at radius 2 is 1.75 bits per heavy atom. The molecule has 0 spiro atoms. The van der Waals surface area contributed by atoms with Gasteiger partial charge in [-0.15, -0.1) is 12.4 Å². The van der Waals surface area contributed by atoms with Gasteiger partial charge >= 0.3 is 0 Å². The Balaban J connectivity index is 0.00000225. The number of para-hydroxylation sites is 1. The lowest BCUT2D eigenvalue weighted by molar-refractivity contribution is 0.684. The first kappa shape index (κ1) is 20.4. The largest absolute Gasteiger partial charge is 0.340 e. The number of nitrogens with zero attached hydrogens (tertiary/aromatic N) is 2. The summed E-state index contributed by atoms with van der Waals surface area (Å²) in [5.41, 5.74) is 6.18. The van der Waals surface area contributed by atoms with Gasteiger partial charge < -0.3 is 9.88 Å². The van der Waals surface area contributed by atoms with E-state index < -0.39 is 0 Å². The van der Waals surface area contributed by atoms with Crippen molar-refractivity contribution in [2.45, 2.75) is 26.6 Å². The van der Waals surface area contributed by atoms with Crippen molar-refractivity contribution < 1.29 is 0 Å². The SMILES string of the molecule is Cc1c(CNCc2cccnc2)c2ccccc2n1Cc1ccccc1Cl.Cl. The maximum Gasteiger partial charge on any atom is 0.0493 e. The number of nitrogens with one attached hydrogen (secondary N) is 1. The molecule has 0 aliphatic heterocycles. The maximum absolute atomic E-state index is 6.40. The van der Waals surface area contributed by atoms with Crippen LogP contribution in [0.4, 0.5) is 0 Å². The monoisotopic (exact) mass is 411 g/mol. The van der Waals surface area contributed by atoms with E-state index in [2.05, 4.69) is 58.2 Å². The summed E-state index contributed by atoms with van der Waals surface area (Å²) in [5.74, 6) is 0. The van der Waals surface area contributed by atoms with Gasteiger partial charge in [0.15, 0.2) is 0 Å². The molecule has 4 aromatic rings. The molecule has 0 fully saturated rings. The first-order chi connectivity index (χ1) is 13.2. The van der Waals surface area contributed by atoms with E-state index >= 15 is 0 Å². The molecule has 0 atom stereocenters. The highest BCUT2D eigenvalue weighted by molar-refractivity contribution is 6.31. The molecular weight excluding hydrogens is 389 g/mol. The predicted octanol–water partition coefficient (Wildman–Crippen LogP) is 5.76. The smallest absolute Gasteiger partial charge is 0.0493 e. The molecule has 0 aliphatic rings. The van der Waals surface area contributed by atoms with Crippen LogP contribution >= 0.6 is 24.0 Å². The standard InChI is InChI=1S/C23H22ClN3.ClH/c1-17-21(15-26-14-18-7-6-12-25-13-18)20-9-3-5-11-23(20)27(17)16-19-8-2-4-10-22(19)24;/h2-13,26H,14-16H2,1H3;1H. The molecule has 2 aromatic carbocycles. The van der Waals surface area contributed by atoms with Crippen LogP contribution in [0, 0.1) is 6.92 Å². The van der Waals surface area contributed by atoms with Gasteiger partial charge in [0.25, 0.3) is 0 Å². The molecule has 0 amide bonds. The van der Waals surface area contributed by atoms with Gasteiger partial charge in [-0.25, -0.2) is 0 Å². The lowest BCUT2D eigenvalue weighted by atomic mass is 10.1. The minimum absolute atomic E-state index is 0. The van der Waals surface area contributed by atoms with E-state index in [-0.39, 0.29) is 12.4 Å². The van der Waals surface area contributed by atoms with Crippen LogP contribution in [0.2, 0.25) is 5.02 Å². The van der Waals surface area contributed by atoms with E-state index in [1.807, 2.05) is 30.5 Å². The highest BCUT2D eigenvalue weighted by Gasteiger charge is 2.14. The van der Waals surface area contributed by atoms with Crippen LogP contribution in [-0.4, -0.2) is 9.55 Å². The van der Waals surface area contributed by atoms with Crippen molar-refractivity contribution in [3.8, 4) is 0 Å². The average Bonchev–Trinajstić information content (AvgIpc) is 2.96. The Labute approximate surface area is 176 Å². The number of aromatic nitrogens is 2. The van der Waals surface area contributed by atoms with E-state index in [9.17, 15) is 0 Å².